The van der Waals surface area contributed by atoms with E-state index in [2.05, 4.69) is 32.1 Å². The number of hydrogen-bond donors (Lipinski definition) is 3. The summed E-state index contributed by atoms with van der Waals surface area (Å²) in [4.78, 5) is 36.6. The van der Waals surface area contributed by atoms with E-state index in [1.165, 1.54) is 12.1 Å². The fourth-order valence-corrected chi connectivity index (χ4v) is 2.82. The molecule has 0 fully saturated rings. The quantitative estimate of drug-likeness (QED) is 0.507. The number of rotatable bonds is 5. The Balaban J connectivity index is 1.60. The van der Waals surface area contributed by atoms with Crippen molar-refractivity contribution < 1.29 is 18.8 Å². The van der Waals surface area contributed by atoms with Gasteiger partial charge in [-0.15, -0.1) is 0 Å². The molecule has 0 spiro atoms. The van der Waals surface area contributed by atoms with E-state index in [0.717, 1.165) is 12.0 Å². The first-order valence-electron chi connectivity index (χ1n) is 8.82. The summed E-state index contributed by atoms with van der Waals surface area (Å²) in [6, 6.07) is 16.6. The normalized spacial score (nSPS) is 10.3. The molecule has 3 amide bonds. The number of nitrogens with one attached hydrogen (secondary N) is 3. The van der Waals surface area contributed by atoms with Gasteiger partial charge in [0, 0.05) is 16.8 Å². The maximum absolute atomic E-state index is 12.3. The van der Waals surface area contributed by atoms with Crippen LogP contribution in [0.5, 0.6) is 0 Å². The smallest absolute Gasteiger partial charge is 0.291 e. The molecule has 0 aliphatic heterocycles. The Hall–Kier alpha value is -3.39. The van der Waals surface area contributed by atoms with Crippen molar-refractivity contribution in [2.24, 2.45) is 0 Å². The van der Waals surface area contributed by atoms with Crippen LogP contribution in [0.15, 0.2) is 69.8 Å². The zero-order valence-electron chi connectivity index (χ0n) is 15.5. The highest BCUT2D eigenvalue weighted by Crippen LogP contribution is 2.17. The maximum atomic E-state index is 12.3. The van der Waals surface area contributed by atoms with Crippen LogP contribution < -0.4 is 16.2 Å². The van der Waals surface area contributed by atoms with E-state index in [1.807, 2.05) is 19.1 Å². The molecule has 1 heterocycles. The number of anilines is 1. The Morgan fingerprint density at radius 1 is 0.862 bits per heavy atom. The molecule has 3 rings (SSSR count). The van der Waals surface area contributed by atoms with Crippen LogP contribution in [0, 0.1) is 0 Å². The van der Waals surface area contributed by atoms with Crippen LogP contribution in [0.1, 0.15) is 43.8 Å². The largest absolute Gasteiger partial charge is 0.444 e. The standard InChI is InChI=1S/C21H18BrN3O4/c1-2-13-6-8-14(9-7-13)19(26)24-25-20(27)15-4-3-5-16(12-15)23-21(28)17-10-11-18(22)29-17/h3-12H,2H2,1H3,(H,23,28)(H,24,26)(H,25,27). The van der Waals surface area contributed by atoms with Crippen LogP contribution in [-0.4, -0.2) is 17.7 Å². The summed E-state index contributed by atoms with van der Waals surface area (Å²) in [5.41, 5.74) is 6.98. The van der Waals surface area contributed by atoms with Gasteiger partial charge in [-0.1, -0.05) is 25.1 Å². The van der Waals surface area contributed by atoms with Crippen LogP contribution in [0.2, 0.25) is 0 Å². The second-order valence-corrected chi connectivity index (χ2v) is 6.88. The maximum Gasteiger partial charge on any atom is 0.291 e. The topological polar surface area (TPSA) is 100 Å². The Morgan fingerprint density at radius 3 is 2.17 bits per heavy atom. The molecule has 0 saturated carbocycles. The van der Waals surface area contributed by atoms with E-state index in [1.54, 1.807) is 36.4 Å². The Morgan fingerprint density at radius 2 is 1.55 bits per heavy atom. The van der Waals surface area contributed by atoms with Crippen LogP contribution >= 0.6 is 15.9 Å². The van der Waals surface area contributed by atoms with Crippen LogP contribution in [0.4, 0.5) is 5.69 Å². The first-order valence-corrected chi connectivity index (χ1v) is 9.62. The molecule has 3 aromatic rings. The van der Waals surface area contributed by atoms with E-state index in [0.29, 0.717) is 15.9 Å². The molecular formula is C21H18BrN3O4. The molecule has 8 heteroatoms. The first kappa shape index (κ1) is 20.3. The molecule has 0 aliphatic carbocycles. The van der Waals surface area contributed by atoms with Gasteiger partial charge in [0.25, 0.3) is 17.7 Å². The number of halogens is 1. The van der Waals surface area contributed by atoms with Crippen LogP contribution in [0.3, 0.4) is 0 Å². The molecule has 7 nitrogen and oxygen atoms in total. The van der Waals surface area contributed by atoms with Gasteiger partial charge in [0.05, 0.1) is 0 Å². The molecule has 0 saturated heterocycles. The van der Waals surface area contributed by atoms with Crippen LogP contribution in [-0.2, 0) is 6.42 Å². The Bertz CT molecular complexity index is 1040. The molecule has 0 bridgehead atoms. The number of carbonyl (C=O) groups is 3. The molecular weight excluding hydrogens is 438 g/mol. The van der Waals surface area contributed by atoms with Crippen molar-refractivity contribution in [1.82, 2.24) is 10.9 Å². The van der Waals surface area contributed by atoms with Gasteiger partial charge < -0.3 is 9.73 Å². The summed E-state index contributed by atoms with van der Waals surface area (Å²) in [6.07, 6.45) is 0.878. The molecule has 3 N–H and O–H groups in total. The van der Waals surface area contributed by atoms with Crippen molar-refractivity contribution in [2.45, 2.75) is 13.3 Å². The van der Waals surface area contributed by atoms with Gasteiger partial charge in [0.2, 0.25) is 0 Å². The van der Waals surface area contributed by atoms with Crippen molar-refractivity contribution >= 4 is 39.3 Å². The predicted molar refractivity (Wildman–Crippen MR) is 112 cm³/mol. The summed E-state index contributed by atoms with van der Waals surface area (Å²) in [7, 11) is 0. The third kappa shape index (κ3) is 5.32. The highest BCUT2D eigenvalue weighted by molar-refractivity contribution is 9.10. The van der Waals surface area contributed by atoms with Crippen molar-refractivity contribution in [2.75, 3.05) is 5.32 Å². The summed E-state index contributed by atoms with van der Waals surface area (Å²) >= 11 is 3.14. The number of hydrogen-bond acceptors (Lipinski definition) is 4. The van der Waals surface area contributed by atoms with E-state index in [4.69, 9.17) is 4.42 Å². The van der Waals surface area contributed by atoms with E-state index >= 15 is 0 Å². The molecule has 0 atom stereocenters. The van der Waals surface area contributed by atoms with Gasteiger partial charge in [0.15, 0.2) is 10.4 Å². The fraction of sp³-hybridized carbons (Fsp3) is 0.0952. The highest BCUT2D eigenvalue weighted by Gasteiger charge is 2.13. The Labute approximate surface area is 175 Å². The van der Waals surface area contributed by atoms with E-state index in [-0.39, 0.29) is 11.3 Å². The number of furan rings is 1. The Kier molecular flexibility index (Phi) is 6.46. The number of carbonyl (C=O) groups excluding carboxylic acids is 3. The summed E-state index contributed by atoms with van der Waals surface area (Å²) in [5.74, 6) is -1.25. The van der Waals surface area contributed by atoms with Gasteiger partial charge in [-0.3, -0.25) is 25.2 Å². The minimum Gasteiger partial charge on any atom is -0.444 e. The summed E-state index contributed by atoms with van der Waals surface area (Å²) in [6.45, 7) is 2.03. The SMILES string of the molecule is CCc1ccc(C(=O)NNC(=O)c2cccc(NC(=O)c3ccc(Br)o3)c2)cc1. The van der Waals surface area contributed by atoms with Gasteiger partial charge >= 0.3 is 0 Å². The zero-order valence-corrected chi connectivity index (χ0v) is 17.1. The highest BCUT2D eigenvalue weighted by atomic mass is 79.9. The molecule has 0 aliphatic rings. The lowest BCUT2D eigenvalue weighted by Gasteiger charge is -2.09. The molecule has 2 aromatic carbocycles. The number of aryl methyl sites for hydroxylation is 1. The second kappa shape index (κ2) is 9.20. The van der Waals surface area contributed by atoms with Gasteiger partial charge in [-0.2, -0.15) is 0 Å². The first-order chi connectivity index (χ1) is 14.0. The fourth-order valence-electron chi connectivity index (χ4n) is 2.52. The molecule has 0 unspecified atom stereocenters. The minimum atomic E-state index is -0.514. The molecule has 0 radical (unpaired) electrons. The lowest BCUT2D eigenvalue weighted by Crippen LogP contribution is -2.41. The van der Waals surface area contributed by atoms with Crippen molar-refractivity contribution in [3.05, 3.63) is 87.8 Å². The zero-order chi connectivity index (χ0) is 20.8. The predicted octanol–water partition coefficient (Wildman–Crippen LogP) is 3.93. The average Bonchev–Trinajstić information content (AvgIpc) is 3.18. The van der Waals surface area contributed by atoms with E-state index in [9.17, 15) is 14.4 Å². The number of hydrazine groups is 1. The van der Waals surface area contributed by atoms with Crippen molar-refractivity contribution in [1.29, 1.82) is 0 Å². The van der Waals surface area contributed by atoms with Crippen LogP contribution in [0.25, 0.3) is 0 Å². The van der Waals surface area contributed by atoms with Crippen molar-refractivity contribution in [3.8, 4) is 0 Å². The number of benzene rings is 2. The summed E-state index contributed by atoms with van der Waals surface area (Å²) in [5, 5.41) is 2.65. The van der Waals surface area contributed by atoms with Gasteiger partial charge in [-0.25, -0.2) is 0 Å². The van der Waals surface area contributed by atoms with Gasteiger partial charge in [0.1, 0.15) is 0 Å². The monoisotopic (exact) mass is 455 g/mol. The third-order valence-corrected chi connectivity index (χ3v) is 4.52. The lowest BCUT2D eigenvalue weighted by atomic mass is 10.1. The molecule has 148 valence electrons. The number of amides is 3. The minimum absolute atomic E-state index is 0.132. The lowest BCUT2D eigenvalue weighted by molar-refractivity contribution is 0.0846. The van der Waals surface area contributed by atoms with E-state index < -0.39 is 17.7 Å². The van der Waals surface area contributed by atoms with Crippen molar-refractivity contribution in [3.63, 3.8) is 0 Å². The third-order valence-electron chi connectivity index (χ3n) is 4.09. The average molecular weight is 456 g/mol. The molecule has 1 aromatic heterocycles. The second-order valence-electron chi connectivity index (χ2n) is 6.10. The molecule has 29 heavy (non-hydrogen) atoms. The summed E-state index contributed by atoms with van der Waals surface area (Å²) < 4.78 is 5.64. The van der Waals surface area contributed by atoms with Gasteiger partial charge in [-0.05, 0) is 70.4 Å².